The van der Waals surface area contributed by atoms with Gasteiger partial charge in [0, 0.05) is 17.8 Å². The highest BCUT2D eigenvalue weighted by Gasteiger charge is 2.06. The topological polar surface area (TPSA) is 78.9 Å². The van der Waals surface area contributed by atoms with Crippen LogP contribution in [0.4, 0.5) is 0 Å². The van der Waals surface area contributed by atoms with Crippen LogP contribution in [0.25, 0.3) is 17.1 Å². The highest BCUT2D eigenvalue weighted by Crippen LogP contribution is 2.21. The van der Waals surface area contributed by atoms with Crippen LogP contribution in [0.1, 0.15) is 5.56 Å². The van der Waals surface area contributed by atoms with E-state index in [2.05, 4.69) is 15.0 Å². The SMILES string of the molecule is O=C(O)C=Cc1c[nH]c2c(Cl)ncnc12. The van der Waals surface area contributed by atoms with Crippen LogP contribution in [0.5, 0.6) is 0 Å². The van der Waals surface area contributed by atoms with Crippen molar-refractivity contribution in [3.8, 4) is 0 Å². The second kappa shape index (κ2) is 3.70. The highest BCUT2D eigenvalue weighted by molar-refractivity contribution is 6.33. The summed E-state index contributed by atoms with van der Waals surface area (Å²) in [7, 11) is 0. The average molecular weight is 224 g/mol. The summed E-state index contributed by atoms with van der Waals surface area (Å²) in [6.45, 7) is 0. The van der Waals surface area contributed by atoms with E-state index in [0.717, 1.165) is 6.08 Å². The Morgan fingerprint density at radius 3 is 3.07 bits per heavy atom. The first-order chi connectivity index (χ1) is 7.18. The molecule has 6 heteroatoms. The van der Waals surface area contributed by atoms with Crippen molar-refractivity contribution < 1.29 is 9.90 Å². The smallest absolute Gasteiger partial charge is 0.328 e. The summed E-state index contributed by atoms with van der Waals surface area (Å²) in [5, 5.41) is 8.80. The third kappa shape index (κ3) is 1.82. The Morgan fingerprint density at radius 2 is 2.33 bits per heavy atom. The van der Waals surface area contributed by atoms with Crippen LogP contribution in [0.3, 0.4) is 0 Å². The second-order valence-electron chi connectivity index (χ2n) is 2.80. The predicted molar refractivity (Wildman–Crippen MR) is 55.6 cm³/mol. The van der Waals surface area contributed by atoms with Crippen molar-refractivity contribution in [2.45, 2.75) is 0 Å². The molecule has 2 heterocycles. The molecule has 0 spiro atoms. The predicted octanol–water partition coefficient (Wildman–Crippen LogP) is 1.71. The summed E-state index contributed by atoms with van der Waals surface area (Å²) < 4.78 is 0. The number of aromatic nitrogens is 3. The number of halogens is 1. The number of hydrogen-bond donors (Lipinski definition) is 2. The maximum absolute atomic E-state index is 10.3. The van der Waals surface area contributed by atoms with Gasteiger partial charge in [0.05, 0.1) is 0 Å². The molecule has 5 nitrogen and oxygen atoms in total. The van der Waals surface area contributed by atoms with Crippen molar-refractivity contribution in [1.82, 2.24) is 15.0 Å². The number of H-pyrrole nitrogens is 1. The third-order valence-corrected chi connectivity index (χ3v) is 2.14. The van der Waals surface area contributed by atoms with E-state index < -0.39 is 5.97 Å². The van der Waals surface area contributed by atoms with Crippen molar-refractivity contribution in [3.05, 3.63) is 29.3 Å². The average Bonchev–Trinajstić information content (AvgIpc) is 2.59. The standard InChI is InChI=1S/C9H6ClN3O2/c10-9-8-7(12-4-13-9)5(3-11-8)1-2-6(14)15/h1-4,11H,(H,14,15). The first-order valence-electron chi connectivity index (χ1n) is 4.07. The lowest BCUT2D eigenvalue weighted by molar-refractivity contribution is -0.131. The van der Waals surface area contributed by atoms with E-state index in [1.54, 1.807) is 6.20 Å². The van der Waals surface area contributed by atoms with Gasteiger partial charge in [0.25, 0.3) is 0 Å². The number of carboxylic acids is 1. The molecule has 76 valence electrons. The molecule has 0 amide bonds. The number of hydrogen-bond acceptors (Lipinski definition) is 3. The van der Waals surface area contributed by atoms with Gasteiger partial charge in [-0.15, -0.1) is 0 Å². The van der Waals surface area contributed by atoms with Gasteiger partial charge in [-0.3, -0.25) is 0 Å². The number of nitrogens with zero attached hydrogens (tertiary/aromatic N) is 2. The van der Waals surface area contributed by atoms with Crippen LogP contribution >= 0.6 is 11.6 Å². The Morgan fingerprint density at radius 1 is 1.53 bits per heavy atom. The number of nitrogens with one attached hydrogen (secondary N) is 1. The van der Waals surface area contributed by atoms with Crippen LogP contribution in [0.15, 0.2) is 18.6 Å². The van der Waals surface area contributed by atoms with E-state index in [0.29, 0.717) is 21.7 Å². The first kappa shape index (κ1) is 9.67. The fraction of sp³-hybridized carbons (Fsp3) is 0. The first-order valence-corrected chi connectivity index (χ1v) is 4.45. The molecule has 0 saturated heterocycles. The van der Waals surface area contributed by atoms with Gasteiger partial charge in [0.15, 0.2) is 5.15 Å². The van der Waals surface area contributed by atoms with E-state index in [1.165, 1.54) is 12.4 Å². The normalized spacial score (nSPS) is 11.3. The van der Waals surface area contributed by atoms with Crippen LogP contribution < -0.4 is 0 Å². The lowest BCUT2D eigenvalue weighted by Crippen LogP contribution is -1.86. The van der Waals surface area contributed by atoms with Crippen molar-refractivity contribution >= 4 is 34.7 Å². The number of fused-ring (bicyclic) bond motifs is 1. The monoisotopic (exact) mass is 223 g/mol. The van der Waals surface area contributed by atoms with Gasteiger partial charge < -0.3 is 10.1 Å². The number of carbonyl (C=O) groups is 1. The zero-order chi connectivity index (χ0) is 10.8. The summed E-state index contributed by atoms with van der Waals surface area (Å²) in [5.41, 5.74) is 1.87. The number of carboxylic acid groups (broad SMARTS) is 1. The summed E-state index contributed by atoms with van der Waals surface area (Å²) in [6, 6.07) is 0. The fourth-order valence-corrected chi connectivity index (χ4v) is 1.40. The summed E-state index contributed by atoms with van der Waals surface area (Å²) in [5.74, 6) is -1.01. The molecule has 0 aliphatic heterocycles. The maximum atomic E-state index is 10.3. The van der Waals surface area contributed by atoms with E-state index in [9.17, 15) is 4.79 Å². The van der Waals surface area contributed by atoms with Gasteiger partial charge in [-0.25, -0.2) is 14.8 Å². The summed E-state index contributed by atoms with van der Waals surface area (Å²) in [4.78, 5) is 21.0. The molecule has 2 aromatic rings. The van der Waals surface area contributed by atoms with Gasteiger partial charge in [-0.2, -0.15) is 0 Å². The molecule has 0 atom stereocenters. The second-order valence-corrected chi connectivity index (χ2v) is 3.16. The maximum Gasteiger partial charge on any atom is 0.328 e. The van der Waals surface area contributed by atoms with Gasteiger partial charge in [0.1, 0.15) is 17.4 Å². The zero-order valence-corrected chi connectivity index (χ0v) is 8.19. The van der Waals surface area contributed by atoms with Gasteiger partial charge in [0.2, 0.25) is 0 Å². The number of rotatable bonds is 2. The molecule has 2 N–H and O–H groups in total. The molecule has 0 fully saturated rings. The molecule has 0 aliphatic rings. The molecule has 0 aliphatic carbocycles. The van der Waals surface area contributed by atoms with Crippen molar-refractivity contribution in [1.29, 1.82) is 0 Å². The minimum absolute atomic E-state index is 0.315. The van der Waals surface area contributed by atoms with Crippen molar-refractivity contribution in [3.63, 3.8) is 0 Å². The van der Waals surface area contributed by atoms with Crippen LogP contribution in [-0.2, 0) is 4.79 Å². The number of aromatic amines is 1. The van der Waals surface area contributed by atoms with Crippen molar-refractivity contribution in [2.75, 3.05) is 0 Å². The van der Waals surface area contributed by atoms with E-state index in [4.69, 9.17) is 16.7 Å². The van der Waals surface area contributed by atoms with Gasteiger partial charge in [-0.1, -0.05) is 11.6 Å². The molecule has 2 aromatic heterocycles. The summed E-state index contributed by atoms with van der Waals surface area (Å²) in [6.07, 6.45) is 5.45. The van der Waals surface area contributed by atoms with Crippen LogP contribution in [-0.4, -0.2) is 26.0 Å². The lowest BCUT2D eigenvalue weighted by atomic mass is 10.2. The Hall–Kier alpha value is -1.88. The lowest BCUT2D eigenvalue weighted by Gasteiger charge is -1.91. The summed E-state index contributed by atoms with van der Waals surface area (Å²) >= 11 is 5.81. The van der Waals surface area contributed by atoms with E-state index >= 15 is 0 Å². The molecule has 0 bridgehead atoms. The molecular weight excluding hydrogens is 218 g/mol. The minimum Gasteiger partial charge on any atom is -0.478 e. The molecular formula is C9H6ClN3O2. The molecule has 0 unspecified atom stereocenters. The van der Waals surface area contributed by atoms with Gasteiger partial charge in [-0.05, 0) is 6.08 Å². The Labute approximate surface area is 89.4 Å². The Balaban J connectivity index is 2.54. The van der Waals surface area contributed by atoms with Crippen LogP contribution in [0.2, 0.25) is 5.15 Å². The minimum atomic E-state index is -1.01. The molecule has 0 aromatic carbocycles. The van der Waals surface area contributed by atoms with Gasteiger partial charge >= 0.3 is 5.97 Å². The van der Waals surface area contributed by atoms with E-state index in [-0.39, 0.29) is 0 Å². The quantitative estimate of drug-likeness (QED) is 0.600. The molecule has 0 saturated carbocycles. The third-order valence-electron chi connectivity index (χ3n) is 1.85. The largest absolute Gasteiger partial charge is 0.478 e. The molecule has 0 radical (unpaired) electrons. The Bertz CT molecular complexity index is 547. The zero-order valence-electron chi connectivity index (χ0n) is 7.44. The fourth-order valence-electron chi connectivity index (χ4n) is 1.22. The molecule has 15 heavy (non-hydrogen) atoms. The highest BCUT2D eigenvalue weighted by atomic mass is 35.5. The Kier molecular flexibility index (Phi) is 2.39. The van der Waals surface area contributed by atoms with Crippen molar-refractivity contribution in [2.24, 2.45) is 0 Å². The van der Waals surface area contributed by atoms with E-state index in [1.807, 2.05) is 0 Å². The molecule has 2 rings (SSSR count). The van der Waals surface area contributed by atoms with Crippen LogP contribution in [0, 0.1) is 0 Å². The number of aliphatic carboxylic acids is 1.